The molecule has 1 aromatic heterocycles. The molecule has 0 fully saturated rings. The third-order valence-electron chi connectivity index (χ3n) is 3.43. The summed E-state index contributed by atoms with van der Waals surface area (Å²) in [5, 5.41) is 5.07. The van der Waals surface area contributed by atoms with Gasteiger partial charge in [0.15, 0.2) is 0 Å². The van der Waals surface area contributed by atoms with Crippen LogP contribution in [0, 0.1) is 6.92 Å². The Bertz CT molecular complexity index is 828. The summed E-state index contributed by atoms with van der Waals surface area (Å²) in [6, 6.07) is 18.0. The Morgan fingerprint density at radius 3 is 2.67 bits per heavy atom. The Balaban J connectivity index is 1.74. The maximum atomic E-state index is 5.59. The lowest BCUT2D eigenvalue weighted by Crippen LogP contribution is -1.97. The van der Waals surface area contributed by atoms with Crippen LogP contribution in [0.15, 0.2) is 59.7 Å². The molecule has 4 nitrogen and oxygen atoms in total. The number of nitrogens with zero attached hydrogens (tertiary/aromatic N) is 2. The molecule has 0 atom stereocenters. The Hall–Kier alpha value is -2.66. The number of para-hydroxylation sites is 1. The highest BCUT2D eigenvalue weighted by Crippen LogP contribution is 2.30. The normalized spacial score (nSPS) is 10.9. The molecule has 0 amide bonds. The van der Waals surface area contributed by atoms with Crippen LogP contribution in [0.2, 0.25) is 0 Å². The van der Waals surface area contributed by atoms with Crippen LogP contribution in [0.1, 0.15) is 17.4 Å². The SMILES string of the molecule is CCOc1ccccc1/C=N\Nc1nc(-c2ccccc2)c(C)s1. The lowest BCUT2D eigenvalue weighted by atomic mass is 10.1. The number of hydrazone groups is 1. The molecule has 0 aliphatic rings. The minimum atomic E-state index is 0.629. The van der Waals surface area contributed by atoms with Crippen LogP contribution < -0.4 is 10.2 Å². The molecule has 0 aliphatic carbocycles. The van der Waals surface area contributed by atoms with Crippen molar-refractivity contribution in [2.45, 2.75) is 13.8 Å². The van der Waals surface area contributed by atoms with Crippen LogP contribution in [0.5, 0.6) is 5.75 Å². The number of aryl methyl sites for hydroxylation is 1. The Kier molecular flexibility index (Phi) is 5.23. The van der Waals surface area contributed by atoms with Gasteiger partial charge in [0, 0.05) is 16.0 Å². The zero-order valence-electron chi connectivity index (χ0n) is 13.7. The van der Waals surface area contributed by atoms with Crippen molar-refractivity contribution in [2.24, 2.45) is 5.10 Å². The van der Waals surface area contributed by atoms with E-state index in [-0.39, 0.29) is 0 Å². The third-order valence-corrected chi connectivity index (χ3v) is 4.30. The standard InChI is InChI=1S/C19H19N3OS/c1-3-23-17-12-8-7-11-16(17)13-20-22-19-21-18(14(2)24-19)15-9-5-4-6-10-15/h4-13H,3H2,1-2H3,(H,21,22)/b20-13-. The van der Waals surface area contributed by atoms with Crippen LogP contribution in [-0.4, -0.2) is 17.8 Å². The highest BCUT2D eigenvalue weighted by molar-refractivity contribution is 7.15. The topological polar surface area (TPSA) is 46.5 Å². The molecule has 3 rings (SSSR count). The van der Waals surface area contributed by atoms with E-state index in [1.54, 1.807) is 17.6 Å². The van der Waals surface area contributed by atoms with E-state index < -0.39 is 0 Å². The zero-order valence-corrected chi connectivity index (χ0v) is 14.5. The number of nitrogens with one attached hydrogen (secondary N) is 1. The predicted molar refractivity (Wildman–Crippen MR) is 101 cm³/mol. The van der Waals surface area contributed by atoms with Crippen molar-refractivity contribution in [3.8, 4) is 17.0 Å². The molecular weight excluding hydrogens is 318 g/mol. The molecule has 1 heterocycles. The van der Waals surface area contributed by atoms with E-state index in [1.807, 2.05) is 49.4 Å². The highest BCUT2D eigenvalue weighted by atomic mass is 32.1. The van der Waals surface area contributed by atoms with E-state index in [1.165, 1.54) is 0 Å². The van der Waals surface area contributed by atoms with Crippen molar-refractivity contribution < 1.29 is 4.74 Å². The van der Waals surface area contributed by atoms with Gasteiger partial charge in [0.25, 0.3) is 0 Å². The molecule has 0 spiro atoms. The minimum Gasteiger partial charge on any atom is -0.493 e. The largest absolute Gasteiger partial charge is 0.493 e. The second kappa shape index (κ2) is 7.75. The molecule has 0 radical (unpaired) electrons. The van der Waals surface area contributed by atoms with Gasteiger partial charge in [0.2, 0.25) is 5.13 Å². The molecule has 2 aromatic carbocycles. The van der Waals surface area contributed by atoms with Crippen molar-refractivity contribution >= 4 is 22.7 Å². The van der Waals surface area contributed by atoms with Gasteiger partial charge >= 0.3 is 0 Å². The number of rotatable bonds is 6. The number of thiazole rings is 1. The molecule has 5 heteroatoms. The first-order valence-corrected chi connectivity index (χ1v) is 8.63. The van der Waals surface area contributed by atoms with Crippen molar-refractivity contribution in [3.63, 3.8) is 0 Å². The second-order valence-electron chi connectivity index (χ2n) is 5.13. The summed E-state index contributed by atoms with van der Waals surface area (Å²) >= 11 is 1.59. The van der Waals surface area contributed by atoms with Crippen molar-refractivity contribution in [3.05, 3.63) is 65.0 Å². The minimum absolute atomic E-state index is 0.629. The molecular formula is C19H19N3OS. The maximum absolute atomic E-state index is 5.59. The summed E-state index contributed by atoms with van der Waals surface area (Å²) in [6.45, 7) is 4.67. The van der Waals surface area contributed by atoms with E-state index >= 15 is 0 Å². The lowest BCUT2D eigenvalue weighted by molar-refractivity contribution is 0.340. The monoisotopic (exact) mass is 337 g/mol. The molecule has 0 aliphatic heterocycles. The second-order valence-corrected chi connectivity index (χ2v) is 6.33. The van der Waals surface area contributed by atoms with Crippen molar-refractivity contribution in [1.29, 1.82) is 0 Å². The fraction of sp³-hybridized carbons (Fsp3) is 0.158. The summed E-state index contributed by atoms with van der Waals surface area (Å²) in [5.41, 5.74) is 6.06. The molecule has 1 N–H and O–H groups in total. The Morgan fingerprint density at radius 1 is 1.12 bits per heavy atom. The first kappa shape index (κ1) is 16.2. The fourth-order valence-corrected chi connectivity index (χ4v) is 3.12. The van der Waals surface area contributed by atoms with Gasteiger partial charge in [-0.15, -0.1) is 11.3 Å². The zero-order chi connectivity index (χ0) is 16.8. The van der Waals surface area contributed by atoms with Gasteiger partial charge in [0.05, 0.1) is 18.5 Å². The maximum Gasteiger partial charge on any atom is 0.204 e. The van der Waals surface area contributed by atoms with Crippen LogP contribution in [0.25, 0.3) is 11.3 Å². The van der Waals surface area contributed by atoms with E-state index in [0.29, 0.717) is 6.61 Å². The van der Waals surface area contributed by atoms with E-state index in [9.17, 15) is 0 Å². The average molecular weight is 337 g/mol. The van der Waals surface area contributed by atoms with Gasteiger partial charge in [0.1, 0.15) is 5.75 Å². The van der Waals surface area contributed by atoms with Crippen LogP contribution >= 0.6 is 11.3 Å². The van der Waals surface area contributed by atoms with Crippen molar-refractivity contribution in [2.75, 3.05) is 12.0 Å². The van der Waals surface area contributed by atoms with E-state index in [2.05, 4.69) is 34.6 Å². The molecule has 0 saturated heterocycles. The van der Waals surface area contributed by atoms with Gasteiger partial charge in [-0.25, -0.2) is 4.98 Å². The molecule has 0 bridgehead atoms. The molecule has 0 unspecified atom stereocenters. The van der Waals surface area contributed by atoms with Gasteiger partial charge in [-0.05, 0) is 26.0 Å². The van der Waals surface area contributed by atoms with Crippen LogP contribution in [0.3, 0.4) is 0 Å². The number of hydrogen-bond donors (Lipinski definition) is 1. The van der Waals surface area contributed by atoms with Gasteiger partial charge in [-0.3, -0.25) is 5.43 Å². The summed E-state index contributed by atoms with van der Waals surface area (Å²) < 4.78 is 5.59. The van der Waals surface area contributed by atoms with Gasteiger partial charge in [-0.1, -0.05) is 42.5 Å². The molecule has 24 heavy (non-hydrogen) atoms. The predicted octanol–water partition coefficient (Wildman–Crippen LogP) is 4.96. The molecule has 3 aromatic rings. The Morgan fingerprint density at radius 2 is 1.88 bits per heavy atom. The number of hydrogen-bond acceptors (Lipinski definition) is 5. The first-order chi connectivity index (χ1) is 11.8. The number of ether oxygens (including phenoxy) is 1. The van der Waals surface area contributed by atoms with Crippen molar-refractivity contribution in [1.82, 2.24) is 4.98 Å². The van der Waals surface area contributed by atoms with Gasteiger partial charge in [-0.2, -0.15) is 5.10 Å². The smallest absolute Gasteiger partial charge is 0.204 e. The summed E-state index contributed by atoms with van der Waals surface area (Å²) in [4.78, 5) is 5.79. The van der Waals surface area contributed by atoms with Crippen LogP contribution in [0.4, 0.5) is 5.13 Å². The first-order valence-electron chi connectivity index (χ1n) is 7.81. The van der Waals surface area contributed by atoms with E-state index in [4.69, 9.17) is 4.74 Å². The van der Waals surface area contributed by atoms with Gasteiger partial charge < -0.3 is 4.74 Å². The summed E-state index contributed by atoms with van der Waals surface area (Å²) in [5.74, 6) is 0.825. The number of anilines is 1. The third kappa shape index (κ3) is 3.81. The molecule has 122 valence electrons. The highest BCUT2D eigenvalue weighted by Gasteiger charge is 2.08. The quantitative estimate of drug-likeness (QED) is 0.510. The van der Waals surface area contributed by atoms with E-state index in [0.717, 1.165) is 32.6 Å². The fourth-order valence-electron chi connectivity index (χ4n) is 2.34. The lowest BCUT2D eigenvalue weighted by Gasteiger charge is -2.05. The summed E-state index contributed by atoms with van der Waals surface area (Å²) in [7, 11) is 0. The number of aromatic nitrogens is 1. The van der Waals surface area contributed by atoms with Crippen LogP contribution in [-0.2, 0) is 0 Å². The molecule has 0 saturated carbocycles. The average Bonchev–Trinajstić information content (AvgIpc) is 2.98. The summed E-state index contributed by atoms with van der Waals surface area (Å²) in [6.07, 6.45) is 1.75. The number of benzene rings is 2. The Labute approximate surface area is 145 Å².